The molecule has 2 atom stereocenters. The summed E-state index contributed by atoms with van der Waals surface area (Å²) in [5.74, 6) is -0.00387. The Balaban J connectivity index is 1.55. The molecule has 0 aliphatic carbocycles. The average Bonchev–Trinajstić information content (AvgIpc) is 3.31. The maximum absolute atomic E-state index is 13.2. The molecule has 2 N–H and O–H groups in total. The van der Waals surface area contributed by atoms with Gasteiger partial charge in [-0.15, -0.1) is 5.10 Å². The predicted molar refractivity (Wildman–Crippen MR) is 119 cm³/mol. The number of aliphatic hydroxyl groups excluding tert-OH is 1. The first-order chi connectivity index (χ1) is 15.9. The number of alkyl halides is 2. The highest BCUT2D eigenvalue weighted by Crippen LogP contribution is 2.32. The van der Waals surface area contributed by atoms with Gasteiger partial charge in [-0.2, -0.15) is 8.78 Å². The highest BCUT2D eigenvalue weighted by molar-refractivity contribution is 5.62. The Morgan fingerprint density at radius 1 is 1.21 bits per heavy atom. The predicted octanol–water partition coefficient (Wildman–Crippen LogP) is 3.49. The molecule has 1 aliphatic rings. The van der Waals surface area contributed by atoms with Crippen molar-refractivity contribution in [3.8, 4) is 22.7 Å². The summed E-state index contributed by atoms with van der Waals surface area (Å²) < 4.78 is 32.8. The summed E-state index contributed by atoms with van der Waals surface area (Å²) in [6.07, 6.45) is 3.40. The smallest absolute Gasteiger partial charge is 0.387 e. The summed E-state index contributed by atoms with van der Waals surface area (Å²) in [7, 11) is 0. The van der Waals surface area contributed by atoms with Crippen molar-refractivity contribution in [3.05, 3.63) is 60.3 Å². The zero-order valence-corrected chi connectivity index (χ0v) is 18.4. The molecule has 33 heavy (non-hydrogen) atoms. The monoisotopic (exact) mass is 458 g/mol. The van der Waals surface area contributed by atoms with E-state index in [0.29, 0.717) is 29.9 Å². The Morgan fingerprint density at radius 3 is 2.73 bits per heavy atom. The molecule has 176 valence electrons. The second-order valence-electron chi connectivity index (χ2n) is 8.67. The van der Waals surface area contributed by atoms with E-state index in [1.807, 2.05) is 36.4 Å². The minimum Gasteiger partial charge on any atom is -0.434 e. The van der Waals surface area contributed by atoms with Crippen LogP contribution in [0.1, 0.15) is 25.3 Å². The Bertz CT molecular complexity index is 1060. The van der Waals surface area contributed by atoms with Gasteiger partial charge in [0.25, 0.3) is 0 Å². The number of para-hydroxylation sites is 1. The van der Waals surface area contributed by atoms with E-state index in [-0.39, 0.29) is 18.3 Å². The van der Waals surface area contributed by atoms with Gasteiger partial charge in [-0.3, -0.25) is 4.90 Å². The van der Waals surface area contributed by atoms with E-state index >= 15 is 0 Å². The van der Waals surface area contributed by atoms with Gasteiger partial charge in [-0.1, -0.05) is 35.5 Å². The molecule has 1 fully saturated rings. The number of piperidine rings is 1. The normalized spacial score (nSPS) is 18.9. The molecule has 0 spiro atoms. The molecule has 1 aliphatic heterocycles. The maximum Gasteiger partial charge on any atom is 0.387 e. The number of benzene rings is 2. The number of halogens is 2. The van der Waals surface area contributed by atoms with Crippen molar-refractivity contribution < 1.29 is 23.7 Å². The zero-order valence-electron chi connectivity index (χ0n) is 18.4. The van der Waals surface area contributed by atoms with Crippen LogP contribution in [-0.2, 0) is 6.54 Å². The molecule has 2 aromatic carbocycles. The molecule has 3 aromatic rings. The van der Waals surface area contributed by atoms with Gasteiger partial charge in [-0.05, 0) is 44.5 Å². The van der Waals surface area contributed by atoms with Crippen LogP contribution >= 0.6 is 0 Å². The molecule has 0 radical (unpaired) electrons. The first-order valence-corrected chi connectivity index (χ1v) is 11.0. The van der Waals surface area contributed by atoms with Crippen molar-refractivity contribution in [2.24, 2.45) is 5.92 Å². The van der Waals surface area contributed by atoms with Gasteiger partial charge >= 0.3 is 6.61 Å². The van der Waals surface area contributed by atoms with E-state index in [9.17, 15) is 19.0 Å². The highest BCUT2D eigenvalue weighted by atomic mass is 19.3. The number of aromatic nitrogens is 3. The fourth-order valence-corrected chi connectivity index (χ4v) is 4.23. The number of likely N-dealkylation sites (tertiary alicyclic amines) is 1. The minimum absolute atomic E-state index is 0.0906. The van der Waals surface area contributed by atoms with Crippen molar-refractivity contribution in [1.29, 1.82) is 0 Å². The van der Waals surface area contributed by atoms with E-state index in [1.165, 1.54) is 0 Å². The lowest BCUT2D eigenvalue weighted by atomic mass is 9.83. The summed E-state index contributed by atoms with van der Waals surface area (Å²) >= 11 is 0. The Hall–Kier alpha value is -2.88. The van der Waals surface area contributed by atoms with Crippen LogP contribution in [0.25, 0.3) is 16.9 Å². The Kier molecular flexibility index (Phi) is 7.02. The fraction of sp³-hybridized carbons (Fsp3) is 0.417. The van der Waals surface area contributed by atoms with Gasteiger partial charge in [0.2, 0.25) is 0 Å². The standard InChI is InChI=1S/C24H28F2N4O3/c1-24(32,16-31)19-6-5-11-29(14-19)13-18-10-9-17(12-22(18)33-23(25)26)21-15-30(28-27-21)20-7-3-2-4-8-20/h2-4,7-10,12,15,19,23,31-32H,5-6,11,13-14,16H2,1H3/t19-,24+/m0/s1. The van der Waals surface area contributed by atoms with Gasteiger partial charge in [-0.25, -0.2) is 4.68 Å². The molecule has 1 saturated heterocycles. The molecule has 9 heteroatoms. The average molecular weight is 459 g/mol. The lowest BCUT2D eigenvalue weighted by molar-refractivity contribution is -0.0702. The maximum atomic E-state index is 13.2. The summed E-state index contributed by atoms with van der Waals surface area (Å²) in [4.78, 5) is 2.09. The van der Waals surface area contributed by atoms with Gasteiger partial charge in [0.05, 0.1) is 24.1 Å². The SMILES string of the molecule is C[C@@](O)(CO)[C@H]1CCCN(Cc2ccc(-c3cn(-c4ccccc4)nn3)cc2OC(F)F)C1. The number of hydrogen-bond donors (Lipinski definition) is 2. The number of rotatable bonds is 8. The molecule has 0 saturated carbocycles. The van der Waals surface area contributed by atoms with Crippen molar-refractivity contribution in [2.45, 2.75) is 38.5 Å². The summed E-state index contributed by atoms with van der Waals surface area (Å²) in [6.45, 7) is 0.0989. The van der Waals surface area contributed by atoms with Crippen molar-refractivity contribution in [1.82, 2.24) is 19.9 Å². The van der Waals surface area contributed by atoms with Crippen LogP contribution in [0.3, 0.4) is 0 Å². The van der Waals surface area contributed by atoms with E-state index in [0.717, 1.165) is 25.1 Å². The van der Waals surface area contributed by atoms with Crippen LogP contribution in [0.5, 0.6) is 5.75 Å². The van der Waals surface area contributed by atoms with E-state index < -0.39 is 12.2 Å². The first-order valence-electron chi connectivity index (χ1n) is 11.0. The number of aliphatic hydroxyl groups is 2. The topological polar surface area (TPSA) is 83.6 Å². The summed E-state index contributed by atoms with van der Waals surface area (Å²) in [5, 5.41) is 28.2. The third-order valence-electron chi connectivity index (χ3n) is 6.19. The molecule has 4 rings (SSSR count). The molecule has 1 aromatic heterocycles. The lowest BCUT2D eigenvalue weighted by Gasteiger charge is -2.39. The third kappa shape index (κ3) is 5.55. The first kappa shape index (κ1) is 23.3. The third-order valence-corrected chi connectivity index (χ3v) is 6.19. The van der Waals surface area contributed by atoms with Gasteiger partial charge in [0.15, 0.2) is 0 Å². The van der Waals surface area contributed by atoms with Gasteiger partial charge in [0, 0.05) is 30.1 Å². The van der Waals surface area contributed by atoms with Crippen LogP contribution in [-0.4, -0.2) is 62.0 Å². The second-order valence-corrected chi connectivity index (χ2v) is 8.67. The summed E-state index contributed by atoms with van der Waals surface area (Å²) in [6, 6.07) is 14.6. The van der Waals surface area contributed by atoms with Gasteiger partial charge in [0.1, 0.15) is 11.4 Å². The van der Waals surface area contributed by atoms with Crippen LogP contribution in [0.15, 0.2) is 54.7 Å². The number of nitrogens with zero attached hydrogens (tertiary/aromatic N) is 4. The molecular formula is C24H28F2N4O3. The molecule has 0 amide bonds. The van der Waals surface area contributed by atoms with Crippen LogP contribution in [0, 0.1) is 5.92 Å². The zero-order chi connectivity index (χ0) is 23.4. The molecular weight excluding hydrogens is 430 g/mol. The van der Waals surface area contributed by atoms with Crippen molar-refractivity contribution in [3.63, 3.8) is 0 Å². The van der Waals surface area contributed by atoms with E-state index in [1.54, 1.807) is 29.9 Å². The number of ether oxygens (including phenoxy) is 1. The molecule has 2 heterocycles. The minimum atomic E-state index is -2.96. The van der Waals surface area contributed by atoms with Gasteiger partial charge < -0.3 is 14.9 Å². The van der Waals surface area contributed by atoms with Crippen LogP contribution in [0.2, 0.25) is 0 Å². The van der Waals surface area contributed by atoms with Crippen molar-refractivity contribution in [2.75, 3.05) is 19.7 Å². The largest absolute Gasteiger partial charge is 0.434 e. The lowest BCUT2D eigenvalue weighted by Crippen LogP contribution is -2.47. The van der Waals surface area contributed by atoms with Crippen LogP contribution < -0.4 is 4.74 Å². The molecule has 0 unspecified atom stereocenters. The number of hydrogen-bond acceptors (Lipinski definition) is 6. The molecule has 7 nitrogen and oxygen atoms in total. The fourth-order valence-electron chi connectivity index (χ4n) is 4.23. The highest BCUT2D eigenvalue weighted by Gasteiger charge is 2.34. The Morgan fingerprint density at radius 2 is 2.00 bits per heavy atom. The van der Waals surface area contributed by atoms with E-state index in [2.05, 4.69) is 15.2 Å². The second kappa shape index (κ2) is 9.94. The summed E-state index contributed by atoms with van der Waals surface area (Å²) in [5.41, 5.74) is 1.46. The van der Waals surface area contributed by atoms with E-state index in [4.69, 9.17) is 4.74 Å². The molecule has 0 bridgehead atoms. The van der Waals surface area contributed by atoms with Crippen molar-refractivity contribution >= 4 is 0 Å². The Labute approximate surface area is 191 Å². The quantitative estimate of drug-likeness (QED) is 0.538. The van der Waals surface area contributed by atoms with Crippen LogP contribution in [0.4, 0.5) is 8.78 Å².